The minimum absolute atomic E-state index is 0.0143. The average Bonchev–Trinajstić information content (AvgIpc) is 2.75. The van der Waals surface area contributed by atoms with Crippen LogP contribution in [-0.4, -0.2) is 68.7 Å². The molecule has 0 bridgehead atoms. The topological polar surface area (TPSA) is 38.8 Å². The van der Waals surface area contributed by atoms with Crippen molar-refractivity contribution in [2.45, 2.75) is 111 Å². The fraction of sp³-hybridized carbons (Fsp3) is 0.885. The van der Waals surface area contributed by atoms with E-state index in [1.165, 1.54) is 58.8 Å². The number of rotatable bonds is 16. The van der Waals surface area contributed by atoms with Crippen LogP contribution < -0.4 is 0 Å². The Labute approximate surface area is 197 Å². The van der Waals surface area contributed by atoms with Crippen molar-refractivity contribution in [3.05, 3.63) is 10.2 Å². The van der Waals surface area contributed by atoms with Gasteiger partial charge in [0, 0.05) is 0 Å². The molecule has 1 saturated heterocycles. The molecule has 0 aliphatic carbocycles. The third kappa shape index (κ3) is 11.1. The summed E-state index contributed by atoms with van der Waals surface area (Å²) in [6.07, 6.45) is 13.8. The molecule has 4 nitrogen and oxygen atoms in total. The van der Waals surface area contributed by atoms with Crippen LogP contribution in [0.1, 0.15) is 85.5 Å². The Bertz CT molecular complexity index is 489. The summed E-state index contributed by atoms with van der Waals surface area (Å²) in [6, 6.07) is 0. The van der Waals surface area contributed by atoms with Gasteiger partial charge in [0.05, 0.1) is 0 Å². The van der Waals surface area contributed by atoms with Crippen molar-refractivity contribution in [1.82, 2.24) is 4.90 Å². The van der Waals surface area contributed by atoms with Gasteiger partial charge < -0.3 is 0 Å². The summed E-state index contributed by atoms with van der Waals surface area (Å²) in [6.45, 7) is 10.5. The number of nitrogens with zero attached hydrogens (tertiary/aromatic N) is 1. The zero-order valence-corrected chi connectivity index (χ0v) is 24.3. The molecule has 0 aromatic heterocycles. The van der Waals surface area contributed by atoms with E-state index in [4.69, 9.17) is 9.47 Å². The quantitative estimate of drug-likeness (QED) is 0.162. The summed E-state index contributed by atoms with van der Waals surface area (Å²) in [7, 11) is 3.97. The number of unbranched alkanes of at least 4 members (excludes halogenated alkanes) is 3. The second-order valence-electron chi connectivity index (χ2n) is 9.79. The third-order valence-electron chi connectivity index (χ3n) is 7.07. The summed E-state index contributed by atoms with van der Waals surface area (Å²) < 4.78 is 19.0. The van der Waals surface area contributed by atoms with Crippen LogP contribution in [0.2, 0.25) is 13.3 Å². The molecule has 182 valence electrons. The number of piperidine rings is 1. The predicted octanol–water partition coefficient (Wildman–Crippen LogP) is 6.61. The van der Waals surface area contributed by atoms with E-state index in [1.807, 2.05) is 7.11 Å². The van der Waals surface area contributed by atoms with Gasteiger partial charge in [0.1, 0.15) is 0 Å². The van der Waals surface area contributed by atoms with Gasteiger partial charge >= 0.3 is 198 Å². The molecule has 1 aliphatic rings. The van der Waals surface area contributed by atoms with Gasteiger partial charge in [0.25, 0.3) is 0 Å². The fourth-order valence-electron chi connectivity index (χ4n) is 5.16. The van der Waals surface area contributed by atoms with Crippen LogP contribution in [0.5, 0.6) is 0 Å². The number of carbonyl (C=O) groups excluding carboxylic acids is 1. The first-order valence-corrected chi connectivity index (χ1v) is 20.7. The van der Waals surface area contributed by atoms with Crippen molar-refractivity contribution in [2.24, 2.45) is 5.92 Å². The zero-order valence-electron chi connectivity index (χ0n) is 21.5. The van der Waals surface area contributed by atoms with Crippen LogP contribution >= 0.6 is 0 Å². The molecule has 5 heteroatoms. The predicted molar refractivity (Wildman–Crippen MR) is 135 cm³/mol. The second kappa shape index (κ2) is 16.5. The summed E-state index contributed by atoms with van der Waals surface area (Å²) in [4.78, 5) is 13.9. The first-order chi connectivity index (χ1) is 14.9. The maximum absolute atomic E-state index is 11.6. The van der Waals surface area contributed by atoms with E-state index in [0.29, 0.717) is 0 Å². The van der Waals surface area contributed by atoms with Gasteiger partial charge in [0.15, 0.2) is 0 Å². The van der Waals surface area contributed by atoms with Gasteiger partial charge in [-0.15, -0.1) is 0 Å². The first kappa shape index (κ1) is 29.0. The molecule has 0 radical (unpaired) electrons. The number of esters is 1. The van der Waals surface area contributed by atoms with Gasteiger partial charge in [-0.25, -0.2) is 0 Å². The summed E-state index contributed by atoms with van der Waals surface area (Å²) in [5.74, 6) is 0.0884. The Kier molecular flexibility index (Phi) is 15.4. The van der Waals surface area contributed by atoms with Gasteiger partial charge in [-0.2, -0.15) is 0 Å². The Morgan fingerprint density at radius 2 is 1.68 bits per heavy atom. The Balaban J connectivity index is 2.80. The van der Waals surface area contributed by atoms with Gasteiger partial charge in [0.2, 0.25) is 0 Å². The van der Waals surface area contributed by atoms with E-state index in [2.05, 4.69) is 42.9 Å². The summed E-state index contributed by atoms with van der Waals surface area (Å²) in [5, 5.41) is 0. The number of allylic oxidation sites excluding steroid dienone is 1. The van der Waals surface area contributed by atoms with E-state index in [-0.39, 0.29) is 24.1 Å². The average molecular weight is 544 g/mol. The molecule has 1 fully saturated rings. The molecule has 1 heterocycles. The number of carbonyl (C=O) groups is 1. The molecule has 3 atom stereocenters. The maximum atomic E-state index is 11.6. The molecule has 0 saturated carbocycles. The van der Waals surface area contributed by atoms with Crippen LogP contribution in [0.3, 0.4) is 0 Å². The van der Waals surface area contributed by atoms with Crippen LogP contribution in [0, 0.1) is 5.92 Å². The Morgan fingerprint density at radius 1 is 1.10 bits per heavy atom. The van der Waals surface area contributed by atoms with Gasteiger partial charge in [-0.05, 0) is 0 Å². The van der Waals surface area contributed by atoms with E-state index in [1.54, 1.807) is 0 Å². The van der Waals surface area contributed by atoms with E-state index in [9.17, 15) is 4.79 Å². The van der Waals surface area contributed by atoms with Crippen molar-refractivity contribution in [3.8, 4) is 0 Å². The Hall–Kier alpha value is -0.0713. The molecular formula is C26H51NO3Sn. The van der Waals surface area contributed by atoms with Crippen molar-refractivity contribution in [1.29, 1.82) is 0 Å². The van der Waals surface area contributed by atoms with Crippen molar-refractivity contribution < 1.29 is 14.3 Å². The van der Waals surface area contributed by atoms with Crippen molar-refractivity contribution in [3.63, 3.8) is 0 Å². The van der Waals surface area contributed by atoms with Crippen LogP contribution in [0.4, 0.5) is 0 Å². The first-order valence-electron chi connectivity index (χ1n) is 13.0. The van der Waals surface area contributed by atoms with Crippen molar-refractivity contribution in [2.75, 3.05) is 27.2 Å². The van der Waals surface area contributed by atoms with E-state index in [0.717, 1.165) is 32.4 Å². The Morgan fingerprint density at radius 3 is 2.16 bits per heavy atom. The zero-order chi connectivity index (χ0) is 23.1. The van der Waals surface area contributed by atoms with Crippen LogP contribution in [-0.2, 0) is 14.3 Å². The third-order valence-corrected chi connectivity index (χ3v) is 21.3. The molecule has 0 aromatic rings. The molecule has 0 N–H and O–H groups in total. The fourth-order valence-corrected chi connectivity index (χ4v) is 19.7. The number of hydrogen-bond donors (Lipinski definition) is 0. The van der Waals surface area contributed by atoms with E-state index >= 15 is 0 Å². The van der Waals surface area contributed by atoms with Gasteiger partial charge in [-0.1, -0.05) is 0 Å². The number of ether oxygens (including phenoxy) is 2. The molecule has 3 unspecified atom stereocenters. The summed E-state index contributed by atoms with van der Waals surface area (Å²) in [5.41, 5.74) is 0. The molecule has 31 heavy (non-hydrogen) atoms. The molecule has 0 amide bonds. The minimum atomic E-state index is -2.19. The molecule has 0 aromatic carbocycles. The number of likely N-dealkylation sites (tertiary alicyclic amines) is 1. The van der Waals surface area contributed by atoms with Crippen LogP contribution in [0.15, 0.2) is 10.2 Å². The number of methoxy groups -OCH3 is 1. The monoisotopic (exact) mass is 545 g/mol. The summed E-state index contributed by atoms with van der Waals surface area (Å²) >= 11 is -2.19. The number of hydrogen-bond acceptors (Lipinski definition) is 4. The normalized spacial score (nSPS) is 21.5. The van der Waals surface area contributed by atoms with Gasteiger partial charge in [-0.3, -0.25) is 0 Å². The SMILES string of the molecule is CCC[CH2][Sn]([CH]=CCCC(OC)C1CN(C)CCC1OC(C)=O)([CH2]CCC)[CH2]CCC. The molecule has 0 spiro atoms. The molecular weight excluding hydrogens is 493 g/mol. The van der Waals surface area contributed by atoms with Crippen LogP contribution in [0.25, 0.3) is 0 Å². The molecule has 1 aliphatic heterocycles. The van der Waals surface area contributed by atoms with Crippen molar-refractivity contribution >= 4 is 24.3 Å². The standard InChI is InChI=1S/C14H24NO3.3C4H9.Sn/c1-5-6-7-13(17-4)12-10-15(3)9-8-14(12)18-11(2)16;3*1-3-4-2;/h1,5,12-14H,6-10H2,2-4H3;3*1,3-4H2,2H3;. The van der Waals surface area contributed by atoms with E-state index < -0.39 is 18.4 Å². The second-order valence-corrected chi connectivity index (χ2v) is 22.8. The molecule has 1 rings (SSSR count).